The molecule has 1 heterocycles. The van der Waals surface area contributed by atoms with Gasteiger partial charge in [0, 0.05) is 24.2 Å². The minimum atomic E-state index is -0.385. The lowest BCUT2D eigenvalue weighted by Gasteiger charge is -2.12. The van der Waals surface area contributed by atoms with Crippen molar-refractivity contribution in [1.29, 1.82) is 0 Å². The lowest BCUT2D eigenvalue weighted by molar-refractivity contribution is 0.454. The summed E-state index contributed by atoms with van der Waals surface area (Å²) in [5.74, 6) is -0.171. The summed E-state index contributed by atoms with van der Waals surface area (Å²) in [4.78, 5) is 12.4. The molecule has 0 spiro atoms. The van der Waals surface area contributed by atoms with Gasteiger partial charge in [-0.15, -0.1) is 6.58 Å². The molecular formula is C18H15NO4. The zero-order chi connectivity index (χ0) is 16.4. The van der Waals surface area contributed by atoms with Gasteiger partial charge in [0.25, 0.3) is 0 Å². The van der Waals surface area contributed by atoms with E-state index in [1.807, 2.05) is 30.3 Å². The number of hydrogen-bond acceptors (Lipinski definition) is 5. The van der Waals surface area contributed by atoms with Gasteiger partial charge in [-0.2, -0.15) is 0 Å². The Morgan fingerprint density at radius 3 is 2.57 bits per heavy atom. The lowest BCUT2D eigenvalue weighted by Crippen LogP contribution is -2.05. The quantitative estimate of drug-likeness (QED) is 0.390. The molecule has 0 amide bonds. The number of phenolic OH excluding ortho intramolecular Hbond substituents is 2. The molecule has 0 bridgehead atoms. The molecular weight excluding hydrogens is 294 g/mol. The monoisotopic (exact) mass is 309 g/mol. The maximum Gasteiger partial charge on any atom is 0.197 e. The van der Waals surface area contributed by atoms with Crippen molar-refractivity contribution < 1.29 is 14.6 Å². The number of phenols is 2. The van der Waals surface area contributed by atoms with Crippen molar-refractivity contribution in [2.24, 2.45) is 0 Å². The van der Waals surface area contributed by atoms with Crippen molar-refractivity contribution in [3.05, 3.63) is 65.3 Å². The molecule has 0 saturated heterocycles. The fraction of sp³-hybridized carbons (Fsp3) is 0.0556. The topological polar surface area (TPSA) is 82.7 Å². The van der Waals surface area contributed by atoms with Gasteiger partial charge >= 0.3 is 0 Å². The molecule has 0 fully saturated rings. The van der Waals surface area contributed by atoms with Crippen molar-refractivity contribution in [3.8, 4) is 22.8 Å². The van der Waals surface area contributed by atoms with Gasteiger partial charge in [0.15, 0.2) is 11.0 Å². The van der Waals surface area contributed by atoms with E-state index in [0.29, 0.717) is 12.3 Å². The smallest absolute Gasteiger partial charge is 0.197 e. The van der Waals surface area contributed by atoms with Crippen LogP contribution in [0, 0.1) is 0 Å². The highest BCUT2D eigenvalue weighted by Crippen LogP contribution is 2.38. The minimum absolute atomic E-state index is 0.0223. The van der Waals surface area contributed by atoms with E-state index in [4.69, 9.17) is 4.42 Å². The van der Waals surface area contributed by atoms with Crippen LogP contribution in [0.1, 0.15) is 0 Å². The molecule has 23 heavy (non-hydrogen) atoms. The van der Waals surface area contributed by atoms with Gasteiger partial charge in [-0.3, -0.25) is 4.79 Å². The van der Waals surface area contributed by atoms with Gasteiger partial charge in [0.05, 0.1) is 0 Å². The SMILES string of the molecule is C=CCNc1c(O)cc(O)c2c(=O)cc(-c3ccccc3)oc12. The van der Waals surface area contributed by atoms with E-state index >= 15 is 0 Å². The molecule has 0 unspecified atom stereocenters. The molecule has 3 rings (SSSR count). The largest absolute Gasteiger partial charge is 0.507 e. The van der Waals surface area contributed by atoms with Crippen LogP contribution in [0.25, 0.3) is 22.3 Å². The number of anilines is 1. The standard InChI is InChI=1S/C18H15NO4/c1-2-8-19-17-14(22)9-12(20)16-13(21)10-15(23-18(16)17)11-6-4-3-5-7-11/h2-7,9-10,19-20,22H,1,8H2. The predicted octanol–water partition coefficient (Wildman–Crippen LogP) is 3.47. The summed E-state index contributed by atoms with van der Waals surface area (Å²) in [5, 5.41) is 23.0. The van der Waals surface area contributed by atoms with Crippen LogP contribution in [0.4, 0.5) is 5.69 Å². The Morgan fingerprint density at radius 1 is 1.13 bits per heavy atom. The van der Waals surface area contributed by atoms with Crippen LogP contribution < -0.4 is 10.7 Å². The third-order valence-electron chi connectivity index (χ3n) is 3.44. The third-order valence-corrected chi connectivity index (χ3v) is 3.44. The molecule has 116 valence electrons. The van der Waals surface area contributed by atoms with Gasteiger partial charge < -0.3 is 19.9 Å². The number of aromatic hydroxyl groups is 2. The maximum atomic E-state index is 12.4. The van der Waals surface area contributed by atoms with Crippen LogP contribution >= 0.6 is 0 Å². The average molecular weight is 309 g/mol. The number of fused-ring (bicyclic) bond motifs is 1. The van der Waals surface area contributed by atoms with Crippen LogP contribution in [0.15, 0.2) is 64.3 Å². The number of rotatable bonds is 4. The molecule has 2 aromatic carbocycles. The van der Waals surface area contributed by atoms with Crippen molar-refractivity contribution in [1.82, 2.24) is 0 Å². The molecule has 5 heteroatoms. The van der Waals surface area contributed by atoms with Crippen LogP contribution in [0.3, 0.4) is 0 Å². The Kier molecular flexibility index (Phi) is 3.76. The molecule has 0 aliphatic rings. The predicted molar refractivity (Wildman–Crippen MR) is 89.9 cm³/mol. The maximum absolute atomic E-state index is 12.4. The Hall–Kier alpha value is -3.21. The highest BCUT2D eigenvalue weighted by molar-refractivity contribution is 5.97. The van der Waals surface area contributed by atoms with Gasteiger partial charge in [-0.05, 0) is 0 Å². The summed E-state index contributed by atoms with van der Waals surface area (Å²) in [6.45, 7) is 3.97. The van der Waals surface area contributed by atoms with Gasteiger partial charge in [-0.25, -0.2) is 0 Å². The Labute approximate surface area is 132 Å². The average Bonchev–Trinajstić information content (AvgIpc) is 2.54. The van der Waals surface area contributed by atoms with Crippen molar-refractivity contribution in [2.75, 3.05) is 11.9 Å². The number of benzene rings is 2. The first kappa shape index (κ1) is 14.7. The second-order valence-electron chi connectivity index (χ2n) is 5.00. The Bertz CT molecular complexity index is 929. The molecule has 1 aromatic heterocycles. The zero-order valence-corrected chi connectivity index (χ0v) is 12.2. The van der Waals surface area contributed by atoms with E-state index in [0.717, 1.165) is 11.6 Å². The van der Waals surface area contributed by atoms with Crippen molar-refractivity contribution >= 4 is 16.7 Å². The van der Waals surface area contributed by atoms with Crippen LogP contribution in [-0.4, -0.2) is 16.8 Å². The van der Waals surface area contributed by atoms with E-state index in [-0.39, 0.29) is 33.6 Å². The molecule has 0 atom stereocenters. The van der Waals surface area contributed by atoms with Crippen molar-refractivity contribution in [2.45, 2.75) is 0 Å². The Balaban J connectivity index is 2.33. The second-order valence-corrected chi connectivity index (χ2v) is 5.00. The van der Waals surface area contributed by atoms with E-state index in [9.17, 15) is 15.0 Å². The van der Waals surface area contributed by atoms with E-state index in [1.165, 1.54) is 6.07 Å². The highest BCUT2D eigenvalue weighted by atomic mass is 16.3. The van der Waals surface area contributed by atoms with E-state index < -0.39 is 0 Å². The van der Waals surface area contributed by atoms with Crippen molar-refractivity contribution in [3.63, 3.8) is 0 Å². The molecule has 5 nitrogen and oxygen atoms in total. The summed E-state index contributed by atoms with van der Waals surface area (Å²) in [7, 11) is 0. The number of nitrogens with one attached hydrogen (secondary N) is 1. The van der Waals surface area contributed by atoms with Gasteiger partial charge in [0.1, 0.15) is 28.3 Å². The highest BCUT2D eigenvalue weighted by Gasteiger charge is 2.17. The summed E-state index contributed by atoms with van der Waals surface area (Å²) in [5.41, 5.74) is 0.691. The molecule has 0 radical (unpaired) electrons. The zero-order valence-electron chi connectivity index (χ0n) is 12.2. The molecule has 0 aliphatic heterocycles. The van der Waals surface area contributed by atoms with Gasteiger partial charge in [0.2, 0.25) is 0 Å². The first-order chi connectivity index (χ1) is 11.1. The molecule has 0 aliphatic carbocycles. The van der Waals surface area contributed by atoms with Crippen LogP contribution in [0.5, 0.6) is 11.5 Å². The minimum Gasteiger partial charge on any atom is -0.507 e. The fourth-order valence-corrected chi connectivity index (χ4v) is 2.39. The van der Waals surface area contributed by atoms with E-state index in [1.54, 1.807) is 6.08 Å². The summed E-state index contributed by atoms with van der Waals surface area (Å²) in [6.07, 6.45) is 1.61. The first-order valence-corrected chi connectivity index (χ1v) is 7.05. The second kappa shape index (κ2) is 5.88. The Morgan fingerprint density at radius 2 is 1.87 bits per heavy atom. The third kappa shape index (κ3) is 2.64. The molecule has 3 N–H and O–H groups in total. The normalized spacial score (nSPS) is 10.6. The molecule has 3 aromatic rings. The van der Waals surface area contributed by atoms with E-state index in [2.05, 4.69) is 11.9 Å². The van der Waals surface area contributed by atoms with Gasteiger partial charge in [-0.1, -0.05) is 36.4 Å². The van der Waals surface area contributed by atoms with Crippen LogP contribution in [0.2, 0.25) is 0 Å². The summed E-state index contributed by atoms with van der Waals surface area (Å²) < 4.78 is 5.80. The number of hydrogen-bond donors (Lipinski definition) is 3. The molecule has 0 saturated carbocycles. The summed E-state index contributed by atoms with van der Waals surface area (Å²) >= 11 is 0. The fourth-order valence-electron chi connectivity index (χ4n) is 2.39. The lowest BCUT2D eigenvalue weighted by atomic mass is 10.1. The van der Waals surface area contributed by atoms with Crippen LogP contribution in [-0.2, 0) is 0 Å². The summed E-state index contributed by atoms with van der Waals surface area (Å²) in [6, 6.07) is 11.6. The first-order valence-electron chi connectivity index (χ1n) is 7.05.